The average Bonchev–Trinajstić information content (AvgIpc) is 2.99. The molecule has 0 aliphatic rings. The first-order valence-corrected chi connectivity index (χ1v) is 15.4. The lowest BCUT2D eigenvalue weighted by Gasteiger charge is -2.24. The predicted octanol–water partition coefficient (Wildman–Crippen LogP) is 6.40. The fraction of sp³-hybridized carbons (Fsp3) is 0.235. The summed E-state index contributed by atoms with van der Waals surface area (Å²) in [6, 6.07) is 25.2. The summed E-state index contributed by atoms with van der Waals surface area (Å²) in [7, 11) is -1.33. The van der Waals surface area contributed by atoms with Crippen LogP contribution in [0, 0.1) is 6.92 Å². The van der Waals surface area contributed by atoms with Crippen molar-refractivity contribution < 1.29 is 27.5 Å². The fourth-order valence-electron chi connectivity index (χ4n) is 4.46. The number of sulfonamides is 1. The first-order chi connectivity index (χ1) is 20.8. The van der Waals surface area contributed by atoms with Crippen LogP contribution < -0.4 is 24.4 Å². The average molecular weight is 616 g/mol. The van der Waals surface area contributed by atoms with Crippen LogP contribution in [0.4, 0.5) is 17.1 Å². The molecule has 230 valence electrons. The lowest BCUT2D eigenvalue weighted by Crippen LogP contribution is -2.38. The van der Waals surface area contributed by atoms with Crippen LogP contribution in [0.5, 0.6) is 11.5 Å². The van der Waals surface area contributed by atoms with Gasteiger partial charge in [0.1, 0.15) is 6.54 Å². The second-order valence-corrected chi connectivity index (χ2v) is 13.1. The Morgan fingerprint density at radius 2 is 1.39 bits per heavy atom. The normalized spacial score (nSPS) is 11.4. The molecule has 0 fully saturated rings. The van der Waals surface area contributed by atoms with Gasteiger partial charge in [-0.25, -0.2) is 8.42 Å². The smallest absolute Gasteiger partial charge is 0.264 e. The van der Waals surface area contributed by atoms with Crippen molar-refractivity contribution in [2.24, 2.45) is 0 Å². The van der Waals surface area contributed by atoms with Gasteiger partial charge < -0.3 is 20.1 Å². The van der Waals surface area contributed by atoms with E-state index in [0.717, 1.165) is 15.4 Å². The van der Waals surface area contributed by atoms with Gasteiger partial charge >= 0.3 is 0 Å². The molecule has 0 saturated heterocycles. The maximum absolute atomic E-state index is 13.9. The van der Waals surface area contributed by atoms with Crippen LogP contribution in [0.1, 0.15) is 42.3 Å². The van der Waals surface area contributed by atoms with Crippen LogP contribution in [0.15, 0.2) is 95.9 Å². The van der Waals surface area contributed by atoms with Gasteiger partial charge in [-0.15, -0.1) is 0 Å². The summed E-state index contributed by atoms with van der Waals surface area (Å²) in [6.45, 7) is 7.70. The molecular formula is C34H37N3O6S. The van der Waals surface area contributed by atoms with Gasteiger partial charge in [0.15, 0.2) is 11.5 Å². The number of hydrogen-bond acceptors (Lipinski definition) is 6. The second-order valence-electron chi connectivity index (χ2n) is 11.3. The molecule has 9 nitrogen and oxygen atoms in total. The molecule has 0 aromatic heterocycles. The highest BCUT2D eigenvalue weighted by atomic mass is 32.2. The van der Waals surface area contributed by atoms with Crippen molar-refractivity contribution in [2.75, 3.05) is 35.7 Å². The SMILES string of the molecule is COc1ccc(S(=O)(=O)N(CC(=O)Nc2cccc(NC(=O)c3ccc(C(C)(C)C)cc3)c2)c2ccc(C)cc2)cc1OC. The van der Waals surface area contributed by atoms with E-state index in [-0.39, 0.29) is 22.0 Å². The second kappa shape index (κ2) is 13.2. The van der Waals surface area contributed by atoms with Gasteiger partial charge in [0.25, 0.3) is 15.9 Å². The van der Waals surface area contributed by atoms with Crippen molar-refractivity contribution in [1.29, 1.82) is 0 Å². The molecular weight excluding hydrogens is 578 g/mol. The zero-order valence-corrected chi connectivity index (χ0v) is 26.5. The van der Waals surface area contributed by atoms with Gasteiger partial charge in [0, 0.05) is 23.0 Å². The van der Waals surface area contributed by atoms with E-state index in [2.05, 4.69) is 31.4 Å². The third-order valence-electron chi connectivity index (χ3n) is 6.97. The maximum Gasteiger partial charge on any atom is 0.264 e. The van der Waals surface area contributed by atoms with E-state index in [1.807, 2.05) is 19.1 Å². The van der Waals surface area contributed by atoms with E-state index in [9.17, 15) is 18.0 Å². The fourth-order valence-corrected chi connectivity index (χ4v) is 5.90. The molecule has 0 bridgehead atoms. The molecule has 4 rings (SSSR count). The first kappa shape index (κ1) is 32.1. The van der Waals surface area contributed by atoms with Crippen molar-refractivity contribution in [3.8, 4) is 11.5 Å². The van der Waals surface area contributed by atoms with Gasteiger partial charge in [-0.2, -0.15) is 0 Å². The Morgan fingerprint density at radius 3 is 1.98 bits per heavy atom. The van der Waals surface area contributed by atoms with Gasteiger partial charge in [-0.1, -0.05) is 56.7 Å². The van der Waals surface area contributed by atoms with Crippen LogP contribution in [0.3, 0.4) is 0 Å². The summed E-state index contributed by atoms with van der Waals surface area (Å²) in [5.74, 6) is -0.248. The van der Waals surface area contributed by atoms with E-state index in [1.165, 1.54) is 32.4 Å². The van der Waals surface area contributed by atoms with Crippen LogP contribution in [-0.4, -0.2) is 41.0 Å². The van der Waals surface area contributed by atoms with Crippen LogP contribution in [0.2, 0.25) is 0 Å². The monoisotopic (exact) mass is 615 g/mol. The minimum Gasteiger partial charge on any atom is -0.493 e. The molecule has 0 atom stereocenters. The van der Waals surface area contributed by atoms with E-state index in [0.29, 0.717) is 28.4 Å². The Bertz CT molecular complexity index is 1750. The van der Waals surface area contributed by atoms with Crippen molar-refractivity contribution >= 4 is 38.9 Å². The largest absolute Gasteiger partial charge is 0.493 e. The first-order valence-electron chi connectivity index (χ1n) is 13.9. The summed E-state index contributed by atoms with van der Waals surface area (Å²) in [4.78, 5) is 26.1. The molecule has 0 aliphatic heterocycles. The molecule has 44 heavy (non-hydrogen) atoms. The third-order valence-corrected chi connectivity index (χ3v) is 8.74. The number of benzene rings is 4. The van der Waals surface area contributed by atoms with Crippen LogP contribution in [0.25, 0.3) is 0 Å². The summed E-state index contributed by atoms with van der Waals surface area (Å²) >= 11 is 0. The van der Waals surface area contributed by atoms with Crippen LogP contribution in [-0.2, 0) is 20.2 Å². The number of amides is 2. The molecule has 0 aliphatic carbocycles. The molecule has 4 aromatic rings. The van der Waals surface area contributed by atoms with E-state index < -0.39 is 22.5 Å². The van der Waals surface area contributed by atoms with Crippen molar-refractivity contribution in [3.63, 3.8) is 0 Å². The minimum absolute atomic E-state index is 0.0303. The van der Waals surface area contributed by atoms with Crippen molar-refractivity contribution in [2.45, 2.75) is 38.0 Å². The quantitative estimate of drug-likeness (QED) is 0.214. The zero-order chi connectivity index (χ0) is 32.1. The molecule has 2 N–H and O–H groups in total. The molecule has 0 spiro atoms. The Hall–Kier alpha value is -4.83. The molecule has 10 heteroatoms. The lowest BCUT2D eigenvalue weighted by molar-refractivity contribution is -0.114. The van der Waals surface area contributed by atoms with Gasteiger partial charge in [0.2, 0.25) is 5.91 Å². The molecule has 2 amide bonds. The summed E-state index contributed by atoms with van der Waals surface area (Å²) in [6.07, 6.45) is 0. The van der Waals surface area contributed by atoms with E-state index in [1.54, 1.807) is 60.7 Å². The number of aryl methyl sites for hydroxylation is 1. The number of carbonyl (C=O) groups is 2. The Labute approximate surface area is 258 Å². The highest BCUT2D eigenvalue weighted by Crippen LogP contribution is 2.32. The molecule has 0 saturated carbocycles. The zero-order valence-electron chi connectivity index (χ0n) is 25.7. The van der Waals surface area contributed by atoms with E-state index in [4.69, 9.17) is 9.47 Å². The molecule has 4 aromatic carbocycles. The number of nitrogens with zero attached hydrogens (tertiary/aromatic N) is 1. The third kappa shape index (κ3) is 7.57. The van der Waals surface area contributed by atoms with E-state index >= 15 is 0 Å². The number of nitrogens with one attached hydrogen (secondary N) is 2. The topological polar surface area (TPSA) is 114 Å². The van der Waals surface area contributed by atoms with Gasteiger partial charge in [-0.3, -0.25) is 13.9 Å². The number of hydrogen-bond donors (Lipinski definition) is 2. The number of ether oxygens (including phenoxy) is 2. The minimum atomic E-state index is -4.20. The van der Waals surface area contributed by atoms with Crippen molar-refractivity contribution in [1.82, 2.24) is 0 Å². The predicted molar refractivity (Wildman–Crippen MR) is 173 cm³/mol. The number of rotatable bonds is 10. The standard InChI is InChI=1S/C34H37N3O6S/c1-23-10-16-28(17-11-23)37(44(40,41)29-18-19-30(42-5)31(21-29)43-6)22-32(38)35-26-8-7-9-27(20-26)36-33(39)24-12-14-25(15-13-24)34(2,3)4/h7-21H,22H2,1-6H3,(H,35,38)(H,36,39). The lowest BCUT2D eigenvalue weighted by atomic mass is 9.87. The summed E-state index contributed by atoms with van der Waals surface area (Å²) < 4.78 is 39.3. The van der Waals surface area contributed by atoms with Gasteiger partial charge in [-0.05, 0) is 72.5 Å². The number of anilines is 3. The number of methoxy groups -OCH3 is 2. The Balaban J connectivity index is 1.54. The summed E-state index contributed by atoms with van der Waals surface area (Å²) in [5.41, 5.74) is 3.71. The molecule has 0 radical (unpaired) electrons. The highest BCUT2D eigenvalue weighted by Gasteiger charge is 2.28. The maximum atomic E-state index is 13.9. The number of carbonyl (C=O) groups excluding carboxylic acids is 2. The summed E-state index contributed by atoms with van der Waals surface area (Å²) in [5, 5.41) is 5.60. The van der Waals surface area contributed by atoms with Crippen molar-refractivity contribution in [3.05, 3.63) is 108 Å². The van der Waals surface area contributed by atoms with Gasteiger partial charge in [0.05, 0.1) is 24.8 Å². The Morgan fingerprint density at radius 1 is 0.773 bits per heavy atom. The molecule has 0 unspecified atom stereocenters. The van der Waals surface area contributed by atoms with Crippen LogP contribution >= 0.6 is 0 Å². The molecule has 0 heterocycles. The Kier molecular flexibility index (Phi) is 9.64. The highest BCUT2D eigenvalue weighted by molar-refractivity contribution is 7.92.